The number of aromatic nitrogens is 2. The Bertz CT molecular complexity index is 299. The molecule has 1 heterocycles. The lowest BCUT2D eigenvalue weighted by Gasteiger charge is -2.20. The van der Waals surface area contributed by atoms with E-state index in [9.17, 15) is 0 Å². The Morgan fingerprint density at radius 3 is 2.57 bits per heavy atom. The topological polar surface area (TPSA) is 29.0 Å². The van der Waals surface area contributed by atoms with Crippen LogP contribution >= 0.6 is 34.2 Å². The predicted octanol–water partition coefficient (Wildman–Crippen LogP) is 2.29. The highest BCUT2D eigenvalue weighted by molar-refractivity contribution is 14.1. The standard InChI is InChI=1S/C9H11ClIN3/c10-3-4-14(8-1-2-8)9-12-5-7(11)6-13-9/h5-6,8H,1-4H2. The summed E-state index contributed by atoms with van der Waals surface area (Å²) in [4.78, 5) is 10.8. The summed E-state index contributed by atoms with van der Waals surface area (Å²) < 4.78 is 1.06. The van der Waals surface area contributed by atoms with E-state index in [0.717, 1.165) is 16.1 Å². The van der Waals surface area contributed by atoms with Gasteiger partial charge in [0.15, 0.2) is 0 Å². The molecule has 1 aromatic rings. The largest absolute Gasteiger partial charge is 0.337 e. The lowest BCUT2D eigenvalue weighted by Crippen LogP contribution is -2.29. The Kier molecular flexibility index (Phi) is 3.43. The van der Waals surface area contributed by atoms with Gasteiger partial charge >= 0.3 is 0 Å². The van der Waals surface area contributed by atoms with E-state index in [1.54, 1.807) is 0 Å². The van der Waals surface area contributed by atoms with E-state index >= 15 is 0 Å². The molecule has 76 valence electrons. The van der Waals surface area contributed by atoms with Crippen LogP contribution in [0.25, 0.3) is 0 Å². The molecule has 0 amide bonds. The number of anilines is 1. The molecular weight excluding hydrogens is 312 g/mol. The minimum absolute atomic E-state index is 0.619. The third kappa shape index (κ3) is 2.48. The monoisotopic (exact) mass is 323 g/mol. The van der Waals surface area contributed by atoms with E-state index in [1.807, 2.05) is 12.4 Å². The molecule has 0 aromatic carbocycles. The summed E-state index contributed by atoms with van der Waals surface area (Å²) in [5, 5.41) is 0. The maximum Gasteiger partial charge on any atom is 0.225 e. The molecule has 0 N–H and O–H groups in total. The highest BCUT2D eigenvalue weighted by Crippen LogP contribution is 2.29. The number of alkyl halides is 1. The molecule has 1 fully saturated rings. The van der Waals surface area contributed by atoms with Gasteiger partial charge in [-0.15, -0.1) is 11.6 Å². The minimum Gasteiger partial charge on any atom is -0.337 e. The van der Waals surface area contributed by atoms with Gasteiger partial charge in [0.1, 0.15) is 0 Å². The summed E-state index contributed by atoms with van der Waals surface area (Å²) >= 11 is 7.96. The average Bonchev–Trinajstić information content (AvgIpc) is 2.99. The Morgan fingerprint density at radius 1 is 1.43 bits per heavy atom. The molecule has 5 heteroatoms. The van der Waals surface area contributed by atoms with Gasteiger partial charge in [-0.25, -0.2) is 9.97 Å². The third-order valence-corrected chi connectivity index (χ3v) is 2.90. The van der Waals surface area contributed by atoms with Crippen LogP contribution in [0.5, 0.6) is 0 Å². The molecule has 0 atom stereocenters. The van der Waals surface area contributed by atoms with Crippen molar-refractivity contribution in [2.45, 2.75) is 18.9 Å². The van der Waals surface area contributed by atoms with Gasteiger partial charge in [0, 0.05) is 34.4 Å². The smallest absolute Gasteiger partial charge is 0.225 e. The maximum absolute atomic E-state index is 5.75. The SMILES string of the molecule is ClCCN(c1ncc(I)cn1)C1CC1. The van der Waals surface area contributed by atoms with Crippen molar-refractivity contribution in [1.82, 2.24) is 9.97 Å². The van der Waals surface area contributed by atoms with Crippen LogP contribution in [-0.4, -0.2) is 28.4 Å². The average molecular weight is 324 g/mol. The first-order valence-electron chi connectivity index (χ1n) is 4.61. The number of rotatable bonds is 4. The molecule has 3 nitrogen and oxygen atoms in total. The van der Waals surface area contributed by atoms with E-state index < -0.39 is 0 Å². The zero-order chi connectivity index (χ0) is 9.97. The predicted molar refractivity (Wildman–Crippen MR) is 65.8 cm³/mol. The van der Waals surface area contributed by atoms with E-state index in [2.05, 4.69) is 37.5 Å². The molecule has 1 saturated carbocycles. The van der Waals surface area contributed by atoms with Crippen LogP contribution in [0.15, 0.2) is 12.4 Å². The first kappa shape index (κ1) is 10.4. The van der Waals surface area contributed by atoms with Crippen LogP contribution in [0.3, 0.4) is 0 Å². The van der Waals surface area contributed by atoms with Gasteiger partial charge in [-0.1, -0.05) is 0 Å². The van der Waals surface area contributed by atoms with Crippen molar-refractivity contribution >= 4 is 40.1 Å². The molecule has 0 saturated heterocycles. The van der Waals surface area contributed by atoms with Gasteiger partial charge in [-0.2, -0.15) is 0 Å². The number of hydrogen-bond acceptors (Lipinski definition) is 3. The fourth-order valence-corrected chi connectivity index (χ4v) is 1.84. The van der Waals surface area contributed by atoms with Gasteiger partial charge in [0.05, 0.1) is 0 Å². The van der Waals surface area contributed by atoms with Crippen LogP contribution in [0.4, 0.5) is 5.95 Å². The second-order valence-corrected chi connectivity index (χ2v) is 4.94. The summed E-state index contributed by atoms with van der Waals surface area (Å²) in [6.45, 7) is 0.840. The van der Waals surface area contributed by atoms with E-state index in [0.29, 0.717) is 11.9 Å². The second kappa shape index (κ2) is 4.61. The molecule has 0 unspecified atom stereocenters. The Labute approximate surface area is 102 Å². The number of halogens is 2. The third-order valence-electron chi connectivity index (χ3n) is 2.18. The van der Waals surface area contributed by atoms with Crippen molar-refractivity contribution in [2.24, 2.45) is 0 Å². The molecule has 1 aliphatic carbocycles. The lowest BCUT2D eigenvalue weighted by atomic mass is 10.5. The Hall–Kier alpha value is -0.100. The van der Waals surface area contributed by atoms with Crippen molar-refractivity contribution < 1.29 is 0 Å². The van der Waals surface area contributed by atoms with E-state index in [1.165, 1.54) is 12.8 Å². The summed E-state index contributed by atoms with van der Waals surface area (Å²) in [7, 11) is 0. The van der Waals surface area contributed by atoms with E-state index in [-0.39, 0.29) is 0 Å². The fourth-order valence-electron chi connectivity index (χ4n) is 1.38. The van der Waals surface area contributed by atoms with Gasteiger partial charge in [-0.3, -0.25) is 0 Å². The zero-order valence-electron chi connectivity index (χ0n) is 7.66. The van der Waals surface area contributed by atoms with E-state index in [4.69, 9.17) is 11.6 Å². The summed E-state index contributed by atoms with van der Waals surface area (Å²) in [5.41, 5.74) is 0. The Balaban J connectivity index is 2.13. The summed E-state index contributed by atoms with van der Waals surface area (Å²) in [5.74, 6) is 1.44. The number of nitrogens with zero attached hydrogens (tertiary/aromatic N) is 3. The number of hydrogen-bond donors (Lipinski definition) is 0. The molecule has 2 rings (SSSR count). The fraction of sp³-hybridized carbons (Fsp3) is 0.556. The van der Waals surface area contributed by atoms with Crippen molar-refractivity contribution in [1.29, 1.82) is 0 Å². The summed E-state index contributed by atoms with van der Waals surface area (Å²) in [6.07, 6.45) is 6.16. The first-order valence-corrected chi connectivity index (χ1v) is 6.23. The zero-order valence-corrected chi connectivity index (χ0v) is 10.6. The van der Waals surface area contributed by atoms with Crippen molar-refractivity contribution in [2.75, 3.05) is 17.3 Å². The Morgan fingerprint density at radius 2 is 2.07 bits per heavy atom. The highest BCUT2D eigenvalue weighted by Gasteiger charge is 2.30. The van der Waals surface area contributed by atoms with Crippen molar-refractivity contribution in [3.05, 3.63) is 16.0 Å². The summed E-state index contributed by atoms with van der Waals surface area (Å²) in [6, 6.07) is 0.619. The van der Waals surface area contributed by atoms with Gasteiger partial charge in [-0.05, 0) is 35.4 Å². The van der Waals surface area contributed by atoms with Gasteiger partial charge < -0.3 is 4.90 Å². The quantitative estimate of drug-likeness (QED) is 0.629. The first-order chi connectivity index (χ1) is 6.81. The molecule has 0 spiro atoms. The van der Waals surface area contributed by atoms with Gasteiger partial charge in [0.2, 0.25) is 5.95 Å². The molecule has 1 aliphatic rings. The molecule has 0 aliphatic heterocycles. The molecule has 14 heavy (non-hydrogen) atoms. The minimum atomic E-state index is 0.619. The van der Waals surface area contributed by atoms with Crippen LogP contribution in [0.1, 0.15) is 12.8 Å². The van der Waals surface area contributed by atoms with Crippen LogP contribution in [-0.2, 0) is 0 Å². The van der Waals surface area contributed by atoms with Crippen molar-refractivity contribution in [3.63, 3.8) is 0 Å². The molecular formula is C9H11ClIN3. The van der Waals surface area contributed by atoms with Crippen molar-refractivity contribution in [3.8, 4) is 0 Å². The van der Waals surface area contributed by atoms with Crippen LogP contribution in [0.2, 0.25) is 0 Å². The highest BCUT2D eigenvalue weighted by atomic mass is 127. The second-order valence-electron chi connectivity index (χ2n) is 3.31. The van der Waals surface area contributed by atoms with Crippen LogP contribution < -0.4 is 4.90 Å². The molecule has 1 aromatic heterocycles. The normalized spacial score (nSPS) is 15.6. The maximum atomic E-state index is 5.75. The van der Waals surface area contributed by atoms with Crippen LogP contribution in [0, 0.1) is 3.57 Å². The molecule has 0 bridgehead atoms. The lowest BCUT2D eigenvalue weighted by molar-refractivity contribution is 0.788. The molecule has 0 radical (unpaired) electrons. The van der Waals surface area contributed by atoms with Gasteiger partial charge in [0.25, 0.3) is 0 Å².